The molecule has 0 unspecified atom stereocenters. The second kappa shape index (κ2) is 9.60. The topological polar surface area (TPSA) is 59.0 Å². The van der Waals surface area contributed by atoms with Crippen LogP contribution in [0.3, 0.4) is 0 Å². The third-order valence-corrected chi connectivity index (χ3v) is 5.37. The maximum Gasteiger partial charge on any atom is 0.231 e. The van der Waals surface area contributed by atoms with Crippen molar-refractivity contribution in [1.29, 1.82) is 0 Å². The number of ether oxygens (including phenoxy) is 5. The number of hydrogen-bond donors (Lipinski definition) is 0. The highest BCUT2D eigenvalue weighted by atomic mass is 16.7. The normalized spacial score (nSPS) is 12.0. The summed E-state index contributed by atoms with van der Waals surface area (Å²) >= 11 is 0. The fraction of sp³-hybridized carbons (Fsp3) is 0.320. The minimum atomic E-state index is 0.300. The molecule has 0 fully saturated rings. The molecule has 0 radical (unpaired) electrons. The van der Waals surface area contributed by atoms with Crippen LogP contribution in [0.5, 0.6) is 28.7 Å². The monoisotopic (exact) mass is 421 g/mol. The predicted octanol–water partition coefficient (Wildman–Crippen LogP) is 4.41. The number of methoxy groups -OCH3 is 3. The summed E-state index contributed by atoms with van der Waals surface area (Å²) in [4.78, 5) is 4.85. The van der Waals surface area contributed by atoms with Crippen LogP contribution in [0, 0.1) is 0 Å². The van der Waals surface area contributed by atoms with E-state index in [1.807, 2.05) is 18.2 Å². The van der Waals surface area contributed by atoms with E-state index in [4.69, 9.17) is 28.7 Å². The molecule has 0 atom stereocenters. The molecule has 162 valence electrons. The number of hydrogen-bond acceptors (Lipinski definition) is 6. The van der Waals surface area contributed by atoms with Crippen LogP contribution in [0.15, 0.2) is 48.5 Å². The molecular formula is C25H27NO5. The number of pyridine rings is 1. The molecule has 31 heavy (non-hydrogen) atoms. The molecule has 0 spiro atoms. The maximum absolute atomic E-state index is 5.47. The predicted molar refractivity (Wildman–Crippen MR) is 118 cm³/mol. The third kappa shape index (κ3) is 4.85. The van der Waals surface area contributed by atoms with E-state index >= 15 is 0 Å². The molecule has 0 aliphatic carbocycles. The average Bonchev–Trinajstić information content (AvgIpc) is 3.29. The third-order valence-electron chi connectivity index (χ3n) is 5.37. The Bertz CT molecular complexity index is 1020. The average molecular weight is 421 g/mol. The van der Waals surface area contributed by atoms with Crippen LogP contribution in [-0.2, 0) is 25.7 Å². The maximum atomic E-state index is 5.47. The Labute approximate surface area is 182 Å². The molecule has 6 heteroatoms. The van der Waals surface area contributed by atoms with E-state index in [1.165, 1.54) is 5.56 Å². The van der Waals surface area contributed by atoms with Crippen LogP contribution in [0.2, 0.25) is 0 Å². The van der Waals surface area contributed by atoms with Gasteiger partial charge in [0.25, 0.3) is 0 Å². The first kappa shape index (κ1) is 20.8. The van der Waals surface area contributed by atoms with Crippen LogP contribution >= 0.6 is 0 Å². The zero-order chi connectivity index (χ0) is 21.6. The highest BCUT2D eigenvalue weighted by molar-refractivity contribution is 5.54. The van der Waals surface area contributed by atoms with Crippen molar-refractivity contribution in [2.45, 2.75) is 25.7 Å². The first-order chi connectivity index (χ1) is 15.2. The number of fused-ring (bicyclic) bond motifs is 1. The van der Waals surface area contributed by atoms with Crippen LogP contribution < -0.4 is 23.7 Å². The van der Waals surface area contributed by atoms with Gasteiger partial charge in [-0.1, -0.05) is 12.1 Å². The van der Waals surface area contributed by atoms with E-state index in [0.29, 0.717) is 24.0 Å². The van der Waals surface area contributed by atoms with Crippen molar-refractivity contribution < 1.29 is 23.7 Å². The molecule has 3 aromatic rings. The Morgan fingerprint density at radius 3 is 2.00 bits per heavy atom. The lowest BCUT2D eigenvalue weighted by molar-refractivity contribution is 0.174. The van der Waals surface area contributed by atoms with Crippen LogP contribution in [0.4, 0.5) is 0 Å². The van der Waals surface area contributed by atoms with E-state index in [-0.39, 0.29) is 0 Å². The molecule has 0 saturated carbocycles. The number of rotatable bonds is 9. The summed E-state index contributed by atoms with van der Waals surface area (Å²) < 4.78 is 27.2. The highest BCUT2D eigenvalue weighted by Gasteiger charge is 2.14. The first-order valence-corrected chi connectivity index (χ1v) is 10.3. The summed E-state index contributed by atoms with van der Waals surface area (Å²) in [6, 6.07) is 16.3. The van der Waals surface area contributed by atoms with E-state index in [9.17, 15) is 0 Å². The van der Waals surface area contributed by atoms with Crippen molar-refractivity contribution in [2.75, 3.05) is 28.1 Å². The lowest BCUT2D eigenvalue weighted by Gasteiger charge is -2.14. The highest BCUT2D eigenvalue weighted by Crippen LogP contribution is 2.38. The van der Waals surface area contributed by atoms with Crippen molar-refractivity contribution in [3.63, 3.8) is 0 Å². The number of aromatic nitrogens is 1. The van der Waals surface area contributed by atoms with Gasteiger partial charge in [0.05, 0.1) is 21.3 Å². The summed E-state index contributed by atoms with van der Waals surface area (Å²) in [7, 11) is 4.87. The molecule has 4 rings (SSSR count). The number of benzene rings is 2. The van der Waals surface area contributed by atoms with Crippen LogP contribution in [-0.4, -0.2) is 33.1 Å². The van der Waals surface area contributed by atoms with E-state index in [1.54, 1.807) is 21.3 Å². The van der Waals surface area contributed by atoms with Gasteiger partial charge in [0, 0.05) is 11.4 Å². The molecule has 2 aromatic carbocycles. The minimum absolute atomic E-state index is 0.300. The zero-order valence-electron chi connectivity index (χ0n) is 18.1. The molecule has 1 aliphatic rings. The number of nitrogens with zero attached hydrogens (tertiary/aromatic N) is 1. The van der Waals surface area contributed by atoms with Crippen molar-refractivity contribution in [3.8, 4) is 28.7 Å². The first-order valence-electron chi connectivity index (χ1n) is 10.3. The largest absolute Gasteiger partial charge is 0.493 e. The molecule has 0 amide bonds. The molecule has 2 heterocycles. The summed E-state index contributed by atoms with van der Waals surface area (Å²) in [5.74, 6) is 3.59. The van der Waals surface area contributed by atoms with Crippen molar-refractivity contribution in [2.24, 2.45) is 0 Å². The second-order valence-electron chi connectivity index (χ2n) is 7.34. The molecular weight excluding hydrogens is 394 g/mol. The minimum Gasteiger partial charge on any atom is -0.493 e. The van der Waals surface area contributed by atoms with Gasteiger partial charge in [0.1, 0.15) is 0 Å². The van der Waals surface area contributed by atoms with Crippen LogP contribution in [0.25, 0.3) is 0 Å². The lowest BCUT2D eigenvalue weighted by atomic mass is 10.0. The van der Waals surface area contributed by atoms with Crippen molar-refractivity contribution in [3.05, 3.63) is 71.0 Å². The lowest BCUT2D eigenvalue weighted by Crippen LogP contribution is -2.01. The van der Waals surface area contributed by atoms with Gasteiger partial charge in [-0.15, -0.1) is 0 Å². The second-order valence-corrected chi connectivity index (χ2v) is 7.34. The van der Waals surface area contributed by atoms with Gasteiger partial charge in [-0.2, -0.15) is 0 Å². The molecule has 0 saturated heterocycles. The molecule has 0 bridgehead atoms. The van der Waals surface area contributed by atoms with Crippen molar-refractivity contribution in [1.82, 2.24) is 4.98 Å². The summed E-state index contributed by atoms with van der Waals surface area (Å²) in [6.07, 6.45) is 3.43. The Morgan fingerprint density at radius 1 is 0.710 bits per heavy atom. The van der Waals surface area contributed by atoms with Crippen molar-refractivity contribution >= 4 is 0 Å². The fourth-order valence-corrected chi connectivity index (χ4v) is 3.73. The number of aryl methyl sites for hydroxylation is 4. The molecule has 1 aliphatic heterocycles. The SMILES string of the molecule is COc1cc(CCc2cccc(CCc3ccc4c(c3)OCO4)n2)cc(OC)c1OC. The smallest absolute Gasteiger partial charge is 0.231 e. The van der Waals surface area contributed by atoms with Gasteiger partial charge in [-0.25, -0.2) is 0 Å². The van der Waals surface area contributed by atoms with Gasteiger partial charge >= 0.3 is 0 Å². The molecule has 6 nitrogen and oxygen atoms in total. The van der Waals surface area contributed by atoms with E-state index in [2.05, 4.69) is 30.3 Å². The summed E-state index contributed by atoms with van der Waals surface area (Å²) in [5.41, 5.74) is 4.48. The fourth-order valence-electron chi connectivity index (χ4n) is 3.73. The molecule has 0 N–H and O–H groups in total. The van der Waals surface area contributed by atoms with Gasteiger partial charge in [0.15, 0.2) is 23.0 Å². The summed E-state index contributed by atoms with van der Waals surface area (Å²) in [5, 5.41) is 0. The van der Waals surface area contributed by atoms with E-state index < -0.39 is 0 Å². The Kier molecular flexibility index (Phi) is 6.46. The van der Waals surface area contributed by atoms with Crippen LogP contribution in [0.1, 0.15) is 22.5 Å². The van der Waals surface area contributed by atoms with E-state index in [0.717, 1.165) is 54.1 Å². The Balaban J connectivity index is 1.40. The Morgan fingerprint density at radius 2 is 1.35 bits per heavy atom. The quantitative estimate of drug-likeness (QED) is 0.510. The Hall–Kier alpha value is -3.41. The standard InChI is InChI=1S/C25H27NO5/c1-27-23-14-18(15-24(28-2)25(23)29-3)8-11-20-6-4-5-19(26-20)10-7-17-9-12-21-22(13-17)31-16-30-21/h4-6,9,12-15H,7-8,10-11,16H2,1-3H3. The van der Waals surface area contributed by atoms with Gasteiger partial charge in [0.2, 0.25) is 12.5 Å². The van der Waals surface area contributed by atoms with Gasteiger partial charge < -0.3 is 23.7 Å². The van der Waals surface area contributed by atoms with Gasteiger partial charge in [-0.05, 0) is 73.2 Å². The molecule has 1 aromatic heterocycles. The summed E-state index contributed by atoms with van der Waals surface area (Å²) in [6.45, 7) is 0.300. The zero-order valence-corrected chi connectivity index (χ0v) is 18.1. The van der Waals surface area contributed by atoms with Gasteiger partial charge in [-0.3, -0.25) is 4.98 Å².